The average molecular weight is 480 g/mol. The van der Waals surface area contributed by atoms with Crippen LogP contribution >= 0.6 is 0 Å². The van der Waals surface area contributed by atoms with Crippen LogP contribution in [0.2, 0.25) is 0 Å². The van der Waals surface area contributed by atoms with E-state index in [2.05, 4.69) is 22.8 Å². The summed E-state index contributed by atoms with van der Waals surface area (Å²) in [6.07, 6.45) is -0.905. The van der Waals surface area contributed by atoms with Gasteiger partial charge in [-0.2, -0.15) is 0 Å². The molecule has 1 aliphatic carbocycles. The molecule has 1 aliphatic heterocycles. The Kier molecular flexibility index (Phi) is 7.33. The zero-order valence-electron chi connectivity index (χ0n) is 19.8. The summed E-state index contributed by atoms with van der Waals surface area (Å²) in [7, 11) is 0. The van der Waals surface area contributed by atoms with E-state index in [1.54, 1.807) is 0 Å². The van der Waals surface area contributed by atoms with Crippen molar-refractivity contribution in [2.24, 2.45) is 5.92 Å². The van der Waals surface area contributed by atoms with Crippen molar-refractivity contribution < 1.29 is 28.8 Å². The van der Waals surface area contributed by atoms with Gasteiger partial charge in [0.15, 0.2) is 0 Å². The van der Waals surface area contributed by atoms with E-state index in [4.69, 9.17) is 9.57 Å². The smallest absolute Gasteiger partial charge is 0.432 e. The van der Waals surface area contributed by atoms with Crippen molar-refractivity contribution in [1.29, 1.82) is 0 Å². The van der Waals surface area contributed by atoms with Crippen LogP contribution in [0.3, 0.4) is 0 Å². The highest BCUT2D eigenvalue weighted by molar-refractivity contribution is 6.01. The molecule has 4 amide bonds. The molecule has 2 aromatic rings. The number of hydrogen-bond acceptors (Lipinski definition) is 6. The number of hydroxylamine groups is 2. The van der Waals surface area contributed by atoms with Gasteiger partial charge in [-0.25, -0.2) is 9.59 Å². The average Bonchev–Trinajstić information content (AvgIpc) is 3.32. The first-order valence-corrected chi connectivity index (χ1v) is 11.8. The van der Waals surface area contributed by atoms with Gasteiger partial charge in [0.05, 0.1) is 0 Å². The number of carbonyl (C=O) groups excluding carboxylic acids is 4. The second-order valence-electron chi connectivity index (χ2n) is 9.14. The first-order chi connectivity index (χ1) is 16.8. The third-order valence-corrected chi connectivity index (χ3v) is 6.09. The van der Waals surface area contributed by atoms with Crippen LogP contribution in [0.5, 0.6) is 0 Å². The molecule has 0 radical (unpaired) electrons. The lowest BCUT2D eigenvalue weighted by atomic mass is 9.98. The molecule has 9 nitrogen and oxygen atoms in total. The van der Waals surface area contributed by atoms with Crippen molar-refractivity contribution >= 4 is 24.0 Å². The molecular formula is C26H29N3O6. The number of imide groups is 1. The summed E-state index contributed by atoms with van der Waals surface area (Å²) in [6, 6.07) is 15.8. The van der Waals surface area contributed by atoms with Gasteiger partial charge >= 0.3 is 12.2 Å². The maximum Gasteiger partial charge on any atom is 0.432 e. The van der Waals surface area contributed by atoms with E-state index in [9.17, 15) is 19.2 Å². The Hall–Kier alpha value is -3.88. The lowest BCUT2D eigenvalue weighted by Crippen LogP contribution is -2.46. The number of benzene rings is 2. The zero-order valence-corrected chi connectivity index (χ0v) is 19.8. The van der Waals surface area contributed by atoms with Crippen LogP contribution in [0, 0.1) is 5.92 Å². The van der Waals surface area contributed by atoms with Crippen LogP contribution in [0.25, 0.3) is 11.1 Å². The maximum absolute atomic E-state index is 12.7. The lowest BCUT2D eigenvalue weighted by Gasteiger charge is -2.22. The molecule has 0 bridgehead atoms. The summed E-state index contributed by atoms with van der Waals surface area (Å²) in [5.41, 5.74) is 4.53. The Balaban J connectivity index is 1.32. The topological polar surface area (TPSA) is 114 Å². The molecule has 0 aromatic heterocycles. The molecule has 1 fully saturated rings. The highest BCUT2D eigenvalue weighted by Crippen LogP contribution is 2.44. The fourth-order valence-corrected chi connectivity index (χ4v) is 4.55. The van der Waals surface area contributed by atoms with Crippen molar-refractivity contribution in [1.82, 2.24) is 15.7 Å². The maximum atomic E-state index is 12.7. The van der Waals surface area contributed by atoms with E-state index < -0.39 is 30.0 Å². The van der Waals surface area contributed by atoms with E-state index in [1.165, 1.54) is 0 Å². The van der Waals surface area contributed by atoms with Crippen molar-refractivity contribution in [2.45, 2.75) is 45.1 Å². The number of alkyl carbamates (subject to hydrolysis) is 1. The molecule has 2 aliphatic rings. The van der Waals surface area contributed by atoms with Crippen molar-refractivity contribution in [3.8, 4) is 11.1 Å². The van der Waals surface area contributed by atoms with Crippen LogP contribution < -0.4 is 10.6 Å². The van der Waals surface area contributed by atoms with Crippen LogP contribution in [0.4, 0.5) is 9.59 Å². The quantitative estimate of drug-likeness (QED) is 0.558. The molecule has 0 saturated carbocycles. The number of nitrogens with one attached hydrogen (secondary N) is 2. The van der Waals surface area contributed by atoms with Gasteiger partial charge in [-0.05, 0) is 34.6 Å². The number of rotatable bonds is 8. The summed E-state index contributed by atoms with van der Waals surface area (Å²) in [5, 5.41) is 5.79. The molecule has 1 atom stereocenters. The third kappa shape index (κ3) is 5.62. The number of fused-ring (bicyclic) bond motifs is 3. The minimum Gasteiger partial charge on any atom is -0.449 e. The summed E-state index contributed by atoms with van der Waals surface area (Å²) >= 11 is 0. The Bertz CT molecular complexity index is 1070. The van der Waals surface area contributed by atoms with Crippen molar-refractivity contribution in [3.63, 3.8) is 0 Å². The van der Waals surface area contributed by atoms with Gasteiger partial charge in [-0.3, -0.25) is 9.59 Å². The Morgan fingerprint density at radius 3 is 2.09 bits per heavy atom. The number of amides is 4. The summed E-state index contributed by atoms with van der Waals surface area (Å²) < 4.78 is 5.60. The lowest BCUT2D eigenvalue weighted by molar-refractivity contribution is -0.171. The number of carbonyl (C=O) groups is 4. The Morgan fingerprint density at radius 1 is 0.943 bits per heavy atom. The zero-order chi connectivity index (χ0) is 24.9. The van der Waals surface area contributed by atoms with Gasteiger partial charge in [-0.15, -0.1) is 5.06 Å². The van der Waals surface area contributed by atoms with Crippen LogP contribution in [0.15, 0.2) is 48.5 Å². The van der Waals surface area contributed by atoms with E-state index in [-0.39, 0.29) is 37.8 Å². The summed E-state index contributed by atoms with van der Waals surface area (Å²) in [5.74, 6) is -0.935. The third-order valence-electron chi connectivity index (χ3n) is 6.09. The summed E-state index contributed by atoms with van der Waals surface area (Å²) in [4.78, 5) is 52.8. The number of hydrogen-bond donors (Lipinski definition) is 2. The van der Waals surface area contributed by atoms with Gasteiger partial charge in [-0.1, -0.05) is 62.4 Å². The van der Waals surface area contributed by atoms with Crippen molar-refractivity contribution in [2.75, 3.05) is 13.2 Å². The molecule has 0 unspecified atom stereocenters. The van der Waals surface area contributed by atoms with Gasteiger partial charge < -0.3 is 20.2 Å². The minimum atomic E-state index is -0.934. The van der Waals surface area contributed by atoms with Crippen LogP contribution in [-0.2, 0) is 19.2 Å². The second-order valence-corrected chi connectivity index (χ2v) is 9.14. The van der Waals surface area contributed by atoms with E-state index >= 15 is 0 Å². The Morgan fingerprint density at radius 2 is 1.51 bits per heavy atom. The minimum absolute atomic E-state index is 0.0193. The molecule has 1 heterocycles. The molecule has 35 heavy (non-hydrogen) atoms. The van der Waals surface area contributed by atoms with E-state index in [0.29, 0.717) is 11.5 Å². The Labute approximate surface area is 203 Å². The van der Waals surface area contributed by atoms with Crippen LogP contribution in [-0.4, -0.2) is 48.3 Å². The molecule has 1 saturated heterocycles. The van der Waals surface area contributed by atoms with Gasteiger partial charge in [0, 0.05) is 31.3 Å². The van der Waals surface area contributed by atoms with Gasteiger partial charge in [0.25, 0.3) is 11.8 Å². The molecular weight excluding hydrogens is 450 g/mol. The predicted molar refractivity (Wildman–Crippen MR) is 127 cm³/mol. The normalized spacial score (nSPS) is 15.6. The first kappa shape index (κ1) is 24.3. The van der Waals surface area contributed by atoms with Crippen LogP contribution in [0.1, 0.15) is 50.2 Å². The molecule has 9 heteroatoms. The predicted octanol–water partition coefficient (Wildman–Crippen LogP) is 3.73. The standard InChI is InChI=1S/C26H29N3O6/c1-16(2)13-17(14-27-25(32)35-29-23(30)11-12-24(29)31)28-26(33)34-15-22-20-9-5-3-7-18(20)19-8-4-6-10-21(19)22/h3-10,16-17,22H,11-15H2,1-2H3,(H,27,32)(H,28,33)/t17-/m0/s1. The van der Waals surface area contributed by atoms with Crippen molar-refractivity contribution in [3.05, 3.63) is 59.7 Å². The highest BCUT2D eigenvalue weighted by Gasteiger charge is 2.33. The number of ether oxygens (including phenoxy) is 1. The molecule has 2 N–H and O–H groups in total. The van der Waals surface area contributed by atoms with E-state index in [1.807, 2.05) is 50.2 Å². The molecule has 0 spiro atoms. The molecule has 4 rings (SSSR count). The van der Waals surface area contributed by atoms with Gasteiger partial charge in [0.2, 0.25) is 0 Å². The fraction of sp³-hybridized carbons (Fsp3) is 0.385. The fourth-order valence-electron chi connectivity index (χ4n) is 4.55. The summed E-state index contributed by atoms with van der Waals surface area (Å²) in [6.45, 7) is 4.22. The van der Waals surface area contributed by atoms with Gasteiger partial charge in [0.1, 0.15) is 6.61 Å². The first-order valence-electron chi connectivity index (χ1n) is 11.8. The van der Waals surface area contributed by atoms with E-state index in [0.717, 1.165) is 22.3 Å². The largest absolute Gasteiger partial charge is 0.449 e. The highest BCUT2D eigenvalue weighted by atomic mass is 16.7. The molecule has 184 valence electrons. The monoisotopic (exact) mass is 479 g/mol. The molecule has 2 aromatic carbocycles. The SMILES string of the molecule is CC(C)C[C@@H](CNC(=O)ON1C(=O)CCC1=O)NC(=O)OCC1c2ccccc2-c2ccccc21. The second kappa shape index (κ2) is 10.6. The number of nitrogens with zero attached hydrogens (tertiary/aromatic N) is 1.